The van der Waals surface area contributed by atoms with Crippen LogP contribution in [0.2, 0.25) is 0 Å². The molecule has 16 heavy (non-hydrogen) atoms. The van der Waals surface area contributed by atoms with Gasteiger partial charge in [-0.1, -0.05) is 0 Å². The van der Waals surface area contributed by atoms with E-state index in [1.165, 1.54) is 6.07 Å². The van der Waals surface area contributed by atoms with Crippen LogP contribution < -0.4 is 0 Å². The summed E-state index contributed by atoms with van der Waals surface area (Å²) in [5, 5.41) is 0. The Kier molecular flexibility index (Phi) is 3.66. The molecule has 0 saturated heterocycles. The van der Waals surface area contributed by atoms with Crippen molar-refractivity contribution in [3.8, 4) is 0 Å². The van der Waals surface area contributed by atoms with E-state index in [1.54, 1.807) is 0 Å². The van der Waals surface area contributed by atoms with Crippen molar-refractivity contribution in [2.45, 2.75) is 0 Å². The fourth-order valence-corrected chi connectivity index (χ4v) is 1.24. The Morgan fingerprint density at radius 2 is 1.50 bits per heavy atom. The number of aldehydes is 3. The molecule has 5 nitrogen and oxygen atoms in total. The Labute approximate surface area is 91.0 Å². The molecule has 0 amide bonds. The van der Waals surface area contributed by atoms with Gasteiger partial charge in [0.15, 0.2) is 18.9 Å². The average Bonchev–Trinajstić information content (AvgIpc) is 2.35. The van der Waals surface area contributed by atoms with E-state index in [0.717, 1.165) is 13.2 Å². The lowest BCUT2D eigenvalue weighted by Gasteiger charge is -2.05. The Bertz CT molecular complexity index is 462. The number of hydrogen-bond donors (Lipinski definition) is 0. The third-order valence-corrected chi connectivity index (χ3v) is 2.04. The summed E-state index contributed by atoms with van der Waals surface area (Å²) in [6.45, 7) is 0. The number of esters is 1. The van der Waals surface area contributed by atoms with Gasteiger partial charge in [0.1, 0.15) is 0 Å². The van der Waals surface area contributed by atoms with Crippen LogP contribution >= 0.6 is 0 Å². The van der Waals surface area contributed by atoms with E-state index in [4.69, 9.17) is 0 Å². The Morgan fingerprint density at radius 3 is 1.94 bits per heavy atom. The van der Waals surface area contributed by atoms with Crippen molar-refractivity contribution in [3.63, 3.8) is 0 Å². The average molecular weight is 220 g/mol. The molecule has 1 aromatic rings. The van der Waals surface area contributed by atoms with Gasteiger partial charge in [-0.25, -0.2) is 4.79 Å². The molecule has 0 saturated carbocycles. The van der Waals surface area contributed by atoms with E-state index in [1.807, 2.05) is 0 Å². The summed E-state index contributed by atoms with van der Waals surface area (Å²) < 4.78 is 4.45. The molecule has 0 heterocycles. The minimum Gasteiger partial charge on any atom is -0.465 e. The molecule has 0 spiro atoms. The number of carbonyl (C=O) groups excluding carboxylic acids is 4. The Balaban J connectivity index is 3.48. The number of benzene rings is 1. The van der Waals surface area contributed by atoms with Crippen molar-refractivity contribution in [1.82, 2.24) is 0 Å². The normalized spacial score (nSPS) is 9.31. The number of methoxy groups -OCH3 is 1. The van der Waals surface area contributed by atoms with Crippen molar-refractivity contribution in [3.05, 3.63) is 34.4 Å². The lowest BCUT2D eigenvalue weighted by atomic mass is 10.0. The molecule has 0 N–H and O–H groups in total. The second-order valence-corrected chi connectivity index (χ2v) is 2.91. The second kappa shape index (κ2) is 4.97. The molecule has 0 bridgehead atoms. The number of ether oxygens (including phenoxy) is 1. The largest absolute Gasteiger partial charge is 0.465 e. The van der Waals surface area contributed by atoms with E-state index in [9.17, 15) is 19.2 Å². The summed E-state index contributed by atoms with van der Waals surface area (Å²) in [7, 11) is 1.16. The highest BCUT2D eigenvalue weighted by atomic mass is 16.5. The van der Waals surface area contributed by atoms with E-state index in [2.05, 4.69) is 4.74 Å². The molecule has 5 heteroatoms. The fraction of sp³-hybridized carbons (Fsp3) is 0.0909. The van der Waals surface area contributed by atoms with Crippen molar-refractivity contribution in [2.24, 2.45) is 0 Å². The summed E-state index contributed by atoms with van der Waals surface area (Å²) in [6.07, 6.45) is 1.30. The van der Waals surface area contributed by atoms with Crippen LogP contribution in [0.5, 0.6) is 0 Å². The van der Waals surface area contributed by atoms with Gasteiger partial charge in [0.05, 0.1) is 12.7 Å². The quantitative estimate of drug-likeness (QED) is 0.556. The molecular formula is C11H8O5. The standard InChI is InChI=1S/C11H8O5/c1-16-11(15)10-3-8(5-13)7(4-12)2-9(10)6-14/h2-6H,1H3. The zero-order chi connectivity index (χ0) is 12.1. The van der Waals surface area contributed by atoms with Crippen molar-refractivity contribution in [2.75, 3.05) is 7.11 Å². The van der Waals surface area contributed by atoms with E-state index >= 15 is 0 Å². The highest BCUT2D eigenvalue weighted by Gasteiger charge is 2.15. The van der Waals surface area contributed by atoms with Crippen molar-refractivity contribution >= 4 is 24.8 Å². The van der Waals surface area contributed by atoms with Gasteiger partial charge >= 0.3 is 5.97 Å². The van der Waals surface area contributed by atoms with Gasteiger partial charge in [-0.3, -0.25) is 14.4 Å². The summed E-state index contributed by atoms with van der Waals surface area (Å²) in [4.78, 5) is 43.2. The van der Waals surface area contributed by atoms with Crippen LogP contribution in [-0.4, -0.2) is 31.9 Å². The molecule has 82 valence electrons. The van der Waals surface area contributed by atoms with Gasteiger partial charge < -0.3 is 4.74 Å². The zero-order valence-corrected chi connectivity index (χ0v) is 8.43. The van der Waals surface area contributed by atoms with E-state index in [-0.39, 0.29) is 22.3 Å². The van der Waals surface area contributed by atoms with Gasteiger partial charge in [-0.2, -0.15) is 0 Å². The SMILES string of the molecule is COC(=O)c1cc(C=O)c(C=O)cc1C=O. The Hall–Kier alpha value is -2.30. The predicted molar refractivity (Wildman–Crippen MR) is 53.9 cm³/mol. The maximum atomic E-state index is 11.3. The molecule has 0 aromatic heterocycles. The summed E-state index contributed by atoms with van der Waals surface area (Å²) in [5.74, 6) is -0.734. The van der Waals surface area contributed by atoms with Crippen LogP contribution in [0.4, 0.5) is 0 Å². The number of carbonyl (C=O) groups is 4. The molecule has 1 aromatic carbocycles. The van der Waals surface area contributed by atoms with Crippen LogP contribution in [0, 0.1) is 0 Å². The van der Waals surface area contributed by atoms with E-state index < -0.39 is 5.97 Å². The molecule has 0 unspecified atom stereocenters. The molecule has 1 rings (SSSR count). The first-order valence-corrected chi connectivity index (χ1v) is 4.29. The lowest BCUT2D eigenvalue weighted by Crippen LogP contribution is -2.08. The highest BCUT2D eigenvalue weighted by molar-refractivity contribution is 6.02. The van der Waals surface area contributed by atoms with Crippen LogP contribution in [0.1, 0.15) is 41.4 Å². The zero-order valence-electron chi connectivity index (χ0n) is 8.43. The van der Waals surface area contributed by atoms with Crippen LogP contribution in [0.15, 0.2) is 12.1 Å². The van der Waals surface area contributed by atoms with Crippen LogP contribution in [0.25, 0.3) is 0 Å². The molecule has 0 fully saturated rings. The number of hydrogen-bond acceptors (Lipinski definition) is 5. The van der Waals surface area contributed by atoms with E-state index in [0.29, 0.717) is 18.9 Å². The summed E-state index contributed by atoms with van der Waals surface area (Å²) >= 11 is 0. The van der Waals surface area contributed by atoms with Crippen molar-refractivity contribution in [1.29, 1.82) is 0 Å². The van der Waals surface area contributed by atoms with Crippen LogP contribution in [-0.2, 0) is 4.74 Å². The minimum absolute atomic E-state index is 0.0135. The van der Waals surface area contributed by atoms with Gasteiger partial charge in [0.2, 0.25) is 0 Å². The molecule has 0 radical (unpaired) electrons. The molecule has 0 aliphatic carbocycles. The highest BCUT2D eigenvalue weighted by Crippen LogP contribution is 2.14. The van der Waals surface area contributed by atoms with Gasteiger partial charge in [0.25, 0.3) is 0 Å². The van der Waals surface area contributed by atoms with Crippen molar-refractivity contribution < 1.29 is 23.9 Å². The molecular weight excluding hydrogens is 212 g/mol. The first-order chi connectivity index (χ1) is 7.67. The van der Waals surface area contributed by atoms with Gasteiger partial charge in [-0.05, 0) is 12.1 Å². The van der Waals surface area contributed by atoms with Gasteiger partial charge in [0, 0.05) is 16.7 Å². The molecule has 0 aliphatic heterocycles. The monoisotopic (exact) mass is 220 g/mol. The molecule has 0 aliphatic rings. The Morgan fingerprint density at radius 1 is 1.00 bits per heavy atom. The smallest absolute Gasteiger partial charge is 0.338 e. The fourth-order valence-electron chi connectivity index (χ4n) is 1.24. The maximum Gasteiger partial charge on any atom is 0.338 e. The van der Waals surface area contributed by atoms with Crippen LogP contribution in [0.3, 0.4) is 0 Å². The molecule has 0 atom stereocenters. The third kappa shape index (κ3) is 2.03. The predicted octanol–water partition coefficient (Wildman–Crippen LogP) is 0.911. The maximum absolute atomic E-state index is 11.3. The first kappa shape index (κ1) is 11.8. The number of rotatable bonds is 4. The third-order valence-electron chi connectivity index (χ3n) is 2.04. The minimum atomic E-state index is -0.734. The first-order valence-electron chi connectivity index (χ1n) is 4.29. The lowest BCUT2D eigenvalue weighted by molar-refractivity contribution is 0.0598. The summed E-state index contributed by atoms with van der Waals surface area (Å²) in [5.41, 5.74) is 0.0792. The second-order valence-electron chi connectivity index (χ2n) is 2.91. The summed E-state index contributed by atoms with van der Waals surface area (Å²) in [6, 6.07) is 2.34. The van der Waals surface area contributed by atoms with Gasteiger partial charge in [-0.15, -0.1) is 0 Å². The topological polar surface area (TPSA) is 77.5 Å².